The van der Waals surface area contributed by atoms with Crippen molar-refractivity contribution in [3.63, 3.8) is 0 Å². The van der Waals surface area contributed by atoms with Crippen molar-refractivity contribution in [2.24, 2.45) is 0 Å². The third-order valence-corrected chi connectivity index (χ3v) is 2.30. The van der Waals surface area contributed by atoms with Gasteiger partial charge in [-0.2, -0.15) is 0 Å². The Hall–Kier alpha value is -1.62. The van der Waals surface area contributed by atoms with Crippen LogP contribution < -0.4 is 11.1 Å². The van der Waals surface area contributed by atoms with Gasteiger partial charge in [-0.15, -0.1) is 0 Å². The lowest BCUT2D eigenvalue weighted by Gasteiger charge is -2.16. The van der Waals surface area contributed by atoms with Gasteiger partial charge in [-0.3, -0.25) is 9.78 Å². The van der Waals surface area contributed by atoms with Crippen LogP contribution in [0.3, 0.4) is 0 Å². The Morgan fingerprint density at radius 1 is 1.56 bits per heavy atom. The summed E-state index contributed by atoms with van der Waals surface area (Å²) in [6, 6.07) is 3.53. The molecule has 5 nitrogen and oxygen atoms in total. The van der Waals surface area contributed by atoms with Gasteiger partial charge in [0.2, 0.25) is 5.91 Å². The molecule has 0 aromatic carbocycles. The summed E-state index contributed by atoms with van der Waals surface area (Å²) in [7, 11) is 3.65. The van der Waals surface area contributed by atoms with Gasteiger partial charge in [0.25, 0.3) is 0 Å². The summed E-state index contributed by atoms with van der Waals surface area (Å²) in [5.74, 6) is 0.0625. The van der Waals surface area contributed by atoms with Gasteiger partial charge in [0, 0.05) is 25.8 Å². The molecule has 1 heterocycles. The van der Waals surface area contributed by atoms with Crippen LogP contribution >= 0.6 is 0 Å². The maximum atomic E-state index is 11.7. The fourth-order valence-electron chi connectivity index (χ4n) is 1.23. The molecule has 1 amide bonds. The number of pyridine rings is 1. The van der Waals surface area contributed by atoms with Crippen molar-refractivity contribution in [2.75, 3.05) is 32.9 Å². The summed E-state index contributed by atoms with van der Waals surface area (Å²) in [5.41, 5.74) is 6.87. The Morgan fingerprint density at radius 2 is 2.31 bits per heavy atom. The van der Waals surface area contributed by atoms with E-state index in [0.29, 0.717) is 18.7 Å². The van der Waals surface area contributed by atoms with Crippen molar-refractivity contribution >= 4 is 11.6 Å². The SMILES string of the molecule is CNCCN(C)C(=O)Cc1ccc(N)cn1. The molecular weight excluding hydrogens is 204 g/mol. The third kappa shape index (κ3) is 3.86. The molecule has 1 aromatic heterocycles. The highest BCUT2D eigenvalue weighted by Gasteiger charge is 2.09. The predicted octanol–water partition coefficient (Wildman–Crippen LogP) is -0.116. The lowest BCUT2D eigenvalue weighted by molar-refractivity contribution is -0.129. The van der Waals surface area contributed by atoms with Gasteiger partial charge in [-0.05, 0) is 19.2 Å². The molecule has 16 heavy (non-hydrogen) atoms. The number of nitrogens with two attached hydrogens (primary N) is 1. The highest BCUT2D eigenvalue weighted by Crippen LogP contribution is 2.03. The summed E-state index contributed by atoms with van der Waals surface area (Å²) in [4.78, 5) is 17.5. The smallest absolute Gasteiger partial charge is 0.228 e. The molecule has 5 heteroatoms. The number of anilines is 1. The first-order valence-corrected chi connectivity index (χ1v) is 5.22. The standard InChI is InChI=1S/C11H18N4O/c1-13-5-6-15(2)11(16)7-10-4-3-9(12)8-14-10/h3-4,8,13H,5-7,12H2,1-2H3. The van der Waals surface area contributed by atoms with Crippen LogP contribution in [0, 0.1) is 0 Å². The molecule has 1 rings (SSSR count). The van der Waals surface area contributed by atoms with E-state index in [9.17, 15) is 4.79 Å². The fraction of sp³-hybridized carbons (Fsp3) is 0.455. The molecule has 0 fully saturated rings. The molecule has 0 radical (unpaired) electrons. The zero-order chi connectivity index (χ0) is 12.0. The van der Waals surface area contributed by atoms with Crippen molar-refractivity contribution in [1.82, 2.24) is 15.2 Å². The minimum atomic E-state index is 0.0625. The molecule has 0 aliphatic carbocycles. The molecule has 0 aliphatic heterocycles. The molecule has 0 spiro atoms. The van der Waals surface area contributed by atoms with E-state index < -0.39 is 0 Å². The Kier molecular flexibility index (Phi) is 4.72. The third-order valence-electron chi connectivity index (χ3n) is 2.30. The quantitative estimate of drug-likeness (QED) is 0.729. The van der Waals surface area contributed by atoms with Gasteiger partial charge >= 0.3 is 0 Å². The first kappa shape index (κ1) is 12.4. The summed E-state index contributed by atoms with van der Waals surface area (Å²) in [5, 5.41) is 3.00. The largest absolute Gasteiger partial charge is 0.397 e. The first-order chi connectivity index (χ1) is 7.63. The number of likely N-dealkylation sites (N-methyl/N-ethyl adjacent to an activating group) is 2. The number of aromatic nitrogens is 1. The molecule has 0 atom stereocenters. The van der Waals surface area contributed by atoms with Crippen LogP contribution in [0.15, 0.2) is 18.3 Å². The zero-order valence-electron chi connectivity index (χ0n) is 9.73. The minimum Gasteiger partial charge on any atom is -0.397 e. The number of nitrogen functional groups attached to an aromatic ring is 1. The number of hydrogen-bond acceptors (Lipinski definition) is 4. The molecule has 0 aliphatic rings. The highest BCUT2D eigenvalue weighted by atomic mass is 16.2. The van der Waals surface area contributed by atoms with E-state index in [1.807, 2.05) is 7.05 Å². The normalized spacial score (nSPS) is 10.1. The van der Waals surface area contributed by atoms with Crippen LogP contribution in [-0.4, -0.2) is 43.0 Å². The summed E-state index contributed by atoms with van der Waals surface area (Å²) in [6.45, 7) is 1.49. The number of carbonyl (C=O) groups excluding carboxylic acids is 1. The van der Waals surface area contributed by atoms with Crippen molar-refractivity contribution < 1.29 is 4.79 Å². The van der Waals surface area contributed by atoms with Crippen molar-refractivity contribution in [3.05, 3.63) is 24.0 Å². The number of hydrogen-bond donors (Lipinski definition) is 2. The number of carbonyl (C=O) groups is 1. The summed E-state index contributed by atoms with van der Waals surface area (Å²) < 4.78 is 0. The molecule has 88 valence electrons. The number of nitrogens with zero attached hydrogens (tertiary/aromatic N) is 2. The Balaban J connectivity index is 2.47. The number of rotatable bonds is 5. The lowest BCUT2D eigenvalue weighted by Crippen LogP contribution is -2.33. The molecule has 3 N–H and O–H groups in total. The van der Waals surface area contributed by atoms with Gasteiger partial charge in [0.15, 0.2) is 0 Å². The molecule has 0 unspecified atom stereocenters. The van der Waals surface area contributed by atoms with Crippen LogP contribution in [0.1, 0.15) is 5.69 Å². The van der Waals surface area contributed by atoms with Gasteiger partial charge in [-0.1, -0.05) is 0 Å². The van der Waals surface area contributed by atoms with Crippen LogP contribution in [0.2, 0.25) is 0 Å². The van der Waals surface area contributed by atoms with Gasteiger partial charge < -0.3 is 16.0 Å². The van der Waals surface area contributed by atoms with Gasteiger partial charge in [-0.25, -0.2) is 0 Å². The average Bonchev–Trinajstić information content (AvgIpc) is 2.29. The summed E-state index contributed by atoms with van der Waals surface area (Å²) >= 11 is 0. The van der Waals surface area contributed by atoms with Crippen molar-refractivity contribution in [1.29, 1.82) is 0 Å². The van der Waals surface area contributed by atoms with Crippen LogP contribution in [0.4, 0.5) is 5.69 Å². The molecule has 0 saturated heterocycles. The van der Waals surface area contributed by atoms with E-state index in [4.69, 9.17) is 5.73 Å². The van der Waals surface area contributed by atoms with E-state index in [1.54, 1.807) is 30.3 Å². The topological polar surface area (TPSA) is 71.2 Å². The van der Waals surface area contributed by atoms with Crippen molar-refractivity contribution in [3.8, 4) is 0 Å². The van der Waals surface area contributed by atoms with E-state index in [0.717, 1.165) is 12.2 Å². The molecular formula is C11H18N4O. The second kappa shape index (κ2) is 6.07. The van der Waals surface area contributed by atoms with Gasteiger partial charge in [0.05, 0.1) is 18.3 Å². The molecule has 0 bridgehead atoms. The monoisotopic (exact) mass is 222 g/mol. The van der Waals surface area contributed by atoms with Crippen LogP contribution in [0.5, 0.6) is 0 Å². The predicted molar refractivity (Wildman–Crippen MR) is 63.9 cm³/mol. The molecule has 0 saturated carbocycles. The maximum absolute atomic E-state index is 11.7. The zero-order valence-corrected chi connectivity index (χ0v) is 9.73. The fourth-order valence-corrected chi connectivity index (χ4v) is 1.23. The lowest BCUT2D eigenvalue weighted by atomic mass is 10.2. The molecule has 1 aromatic rings. The highest BCUT2D eigenvalue weighted by molar-refractivity contribution is 5.78. The van der Waals surface area contributed by atoms with E-state index in [-0.39, 0.29) is 5.91 Å². The van der Waals surface area contributed by atoms with Crippen molar-refractivity contribution in [2.45, 2.75) is 6.42 Å². The van der Waals surface area contributed by atoms with E-state index >= 15 is 0 Å². The Labute approximate surface area is 95.7 Å². The van der Waals surface area contributed by atoms with E-state index in [2.05, 4.69) is 10.3 Å². The Bertz CT molecular complexity index is 336. The first-order valence-electron chi connectivity index (χ1n) is 5.22. The summed E-state index contributed by atoms with van der Waals surface area (Å²) in [6.07, 6.45) is 1.89. The van der Waals surface area contributed by atoms with Crippen LogP contribution in [0.25, 0.3) is 0 Å². The second-order valence-corrected chi connectivity index (χ2v) is 3.68. The maximum Gasteiger partial charge on any atom is 0.228 e. The Morgan fingerprint density at radius 3 is 2.88 bits per heavy atom. The minimum absolute atomic E-state index is 0.0625. The van der Waals surface area contributed by atoms with E-state index in [1.165, 1.54) is 0 Å². The van der Waals surface area contributed by atoms with Gasteiger partial charge in [0.1, 0.15) is 0 Å². The number of nitrogens with one attached hydrogen (secondary N) is 1. The van der Waals surface area contributed by atoms with Crippen LogP contribution in [-0.2, 0) is 11.2 Å². The second-order valence-electron chi connectivity index (χ2n) is 3.68. The average molecular weight is 222 g/mol. The number of amides is 1.